The van der Waals surface area contributed by atoms with Gasteiger partial charge >= 0.3 is 0 Å². The Balaban J connectivity index is 1.23. The van der Waals surface area contributed by atoms with Crippen LogP contribution in [0.2, 0.25) is 0 Å². The number of anilines is 2. The van der Waals surface area contributed by atoms with E-state index in [9.17, 15) is 4.79 Å². The number of nitrogens with zero attached hydrogens (tertiary/aromatic N) is 3. The van der Waals surface area contributed by atoms with Crippen LogP contribution in [0.4, 0.5) is 11.8 Å². The second-order valence-electron chi connectivity index (χ2n) is 8.63. The first kappa shape index (κ1) is 22.6. The van der Waals surface area contributed by atoms with Crippen LogP contribution in [-0.2, 0) is 11.2 Å². The highest BCUT2D eigenvalue weighted by molar-refractivity contribution is 5.79. The molecule has 0 aliphatic heterocycles. The summed E-state index contributed by atoms with van der Waals surface area (Å²) in [6, 6.07) is 19.8. The monoisotopic (exact) mass is 445 g/mol. The minimum atomic E-state index is 0.0466. The fourth-order valence-corrected chi connectivity index (χ4v) is 4.04. The molecule has 0 spiro atoms. The summed E-state index contributed by atoms with van der Waals surface area (Å²) in [4.78, 5) is 23.5. The van der Waals surface area contributed by atoms with Gasteiger partial charge in [-0.05, 0) is 61.6 Å². The van der Waals surface area contributed by atoms with Crippen LogP contribution in [0.25, 0.3) is 0 Å². The standard InChI is InChI=1S/C26H31N5O2/c1-31(2)24-15-16-27-26(30-24)29-21-13-11-20(12-14-21)28-25(32)18-19-7-6-10-23(17-19)33-22-8-4-3-5-9-22/h3-10,15-17,20-21H,11-14,18H2,1-2H3,(H,28,32)(H,27,29,30)/t20-,21+. The van der Waals surface area contributed by atoms with Crippen LogP contribution in [0.15, 0.2) is 66.9 Å². The van der Waals surface area contributed by atoms with Gasteiger partial charge in [0.15, 0.2) is 0 Å². The number of hydrogen-bond donors (Lipinski definition) is 2. The Morgan fingerprint density at radius 2 is 1.70 bits per heavy atom. The number of benzene rings is 2. The molecule has 33 heavy (non-hydrogen) atoms. The highest BCUT2D eigenvalue weighted by Gasteiger charge is 2.23. The molecule has 1 heterocycles. The van der Waals surface area contributed by atoms with Gasteiger partial charge in [-0.15, -0.1) is 0 Å². The van der Waals surface area contributed by atoms with Gasteiger partial charge in [-0.1, -0.05) is 30.3 Å². The summed E-state index contributed by atoms with van der Waals surface area (Å²) in [6.45, 7) is 0. The van der Waals surface area contributed by atoms with Gasteiger partial charge in [-0.2, -0.15) is 4.98 Å². The Labute approximate surface area is 195 Å². The van der Waals surface area contributed by atoms with Crippen molar-refractivity contribution < 1.29 is 9.53 Å². The summed E-state index contributed by atoms with van der Waals surface area (Å²) in [5.74, 6) is 3.10. The molecule has 1 saturated carbocycles. The first-order chi connectivity index (χ1) is 16.0. The molecule has 2 N–H and O–H groups in total. The van der Waals surface area contributed by atoms with Gasteiger partial charge in [0.1, 0.15) is 17.3 Å². The number of rotatable bonds is 8. The first-order valence-electron chi connectivity index (χ1n) is 11.4. The Bertz CT molecular complexity index is 1050. The van der Waals surface area contributed by atoms with Gasteiger partial charge in [0.2, 0.25) is 11.9 Å². The number of para-hydroxylation sites is 1. The van der Waals surface area contributed by atoms with Crippen molar-refractivity contribution in [1.29, 1.82) is 0 Å². The number of ether oxygens (including phenoxy) is 1. The Kier molecular flexibility index (Phi) is 7.40. The van der Waals surface area contributed by atoms with E-state index in [1.54, 1.807) is 6.20 Å². The first-order valence-corrected chi connectivity index (χ1v) is 11.4. The molecule has 1 fully saturated rings. The number of hydrogen-bond acceptors (Lipinski definition) is 6. The van der Waals surface area contributed by atoms with Crippen molar-refractivity contribution in [1.82, 2.24) is 15.3 Å². The lowest BCUT2D eigenvalue weighted by Crippen LogP contribution is -2.40. The van der Waals surface area contributed by atoms with Crippen LogP contribution in [0.3, 0.4) is 0 Å². The second-order valence-corrected chi connectivity index (χ2v) is 8.63. The SMILES string of the molecule is CN(C)c1ccnc(N[C@H]2CC[C@@H](NC(=O)Cc3cccc(Oc4ccccc4)c3)CC2)n1. The van der Waals surface area contributed by atoms with Gasteiger partial charge in [-0.3, -0.25) is 4.79 Å². The molecule has 1 aliphatic rings. The maximum absolute atomic E-state index is 12.6. The summed E-state index contributed by atoms with van der Waals surface area (Å²) >= 11 is 0. The number of amides is 1. The molecule has 0 atom stereocenters. The van der Waals surface area contributed by atoms with E-state index in [1.807, 2.05) is 79.7 Å². The third-order valence-electron chi connectivity index (χ3n) is 5.77. The Hall–Kier alpha value is -3.61. The van der Waals surface area contributed by atoms with Gasteiger partial charge < -0.3 is 20.3 Å². The molecule has 0 unspecified atom stereocenters. The zero-order chi connectivity index (χ0) is 23.0. The van der Waals surface area contributed by atoms with E-state index in [0.29, 0.717) is 18.4 Å². The molecule has 0 bridgehead atoms. The van der Waals surface area contributed by atoms with Crippen molar-refractivity contribution >= 4 is 17.7 Å². The number of carbonyl (C=O) groups excluding carboxylic acids is 1. The van der Waals surface area contributed by atoms with Crippen LogP contribution >= 0.6 is 0 Å². The molecule has 1 aromatic heterocycles. The van der Waals surface area contributed by atoms with Crippen molar-refractivity contribution in [2.75, 3.05) is 24.3 Å². The minimum absolute atomic E-state index is 0.0466. The van der Waals surface area contributed by atoms with E-state index in [1.165, 1.54) is 0 Å². The van der Waals surface area contributed by atoms with Crippen molar-refractivity contribution in [3.63, 3.8) is 0 Å². The molecule has 0 saturated heterocycles. The third-order valence-corrected chi connectivity index (χ3v) is 5.77. The number of nitrogens with one attached hydrogen (secondary N) is 2. The molecule has 4 rings (SSSR count). The smallest absolute Gasteiger partial charge is 0.224 e. The summed E-state index contributed by atoms with van der Waals surface area (Å²) in [7, 11) is 3.93. The van der Waals surface area contributed by atoms with E-state index >= 15 is 0 Å². The van der Waals surface area contributed by atoms with Gasteiger partial charge in [0.25, 0.3) is 0 Å². The van der Waals surface area contributed by atoms with Crippen LogP contribution in [-0.4, -0.2) is 42.1 Å². The van der Waals surface area contributed by atoms with Gasteiger partial charge in [-0.25, -0.2) is 4.98 Å². The Morgan fingerprint density at radius 3 is 2.45 bits per heavy atom. The molecule has 172 valence electrons. The summed E-state index contributed by atoms with van der Waals surface area (Å²) in [6.07, 6.45) is 5.94. The predicted octanol–water partition coefficient (Wildman–Crippen LogP) is 4.42. The predicted molar refractivity (Wildman–Crippen MR) is 131 cm³/mol. The molecular formula is C26H31N5O2. The zero-order valence-corrected chi connectivity index (χ0v) is 19.2. The van der Waals surface area contributed by atoms with E-state index in [4.69, 9.17) is 4.74 Å². The Morgan fingerprint density at radius 1 is 0.970 bits per heavy atom. The van der Waals surface area contributed by atoms with Crippen LogP contribution in [0, 0.1) is 0 Å². The quantitative estimate of drug-likeness (QED) is 0.534. The summed E-state index contributed by atoms with van der Waals surface area (Å²) < 4.78 is 5.88. The molecule has 1 aliphatic carbocycles. The lowest BCUT2D eigenvalue weighted by atomic mass is 9.91. The van der Waals surface area contributed by atoms with E-state index < -0.39 is 0 Å². The van der Waals surface area contributed by atoms with Gasteiger partial charge in [0, 0.05) is 32.4 Å². The molecular weight excluding hydrogens is 414 g/mol. The average molecular weight is 446 g/mol. The zero-order valence-electron chi connectivity index (χ0n) is 19.2. The van der Waals surface area contributed by atoms with E-state index in [-0.39, 0.29) is 11.9 Å². The molecule has 7 nitrogen and oxygen atoms in total. The fourth-order valence-electron chi connectivity index (χ4n) is 4.04. The third kappa shape index (κ3) is 6.68. The van der Waals surface area contributed by atoms with E-state index in [2.05, 4.69) is 20.6 Å². The van der Waals surface area contributed by atoms with Gasteiger partial charge in [0.05, 0.1) is 6.42 Å². The van der Waals surface area contributed by atoms with Crippen molar-refractivity contribution in [2.45, 2.75) is 44.2 Å². The molecule has 1 amide bonds. The normalized spacial score (nSPS) is 17.8. The van der Waals surface area contributed by atoms with Crippen molar-refractivity contribution in [2.24, 2.45) is 0 Å². The molecule has 3 aromatic rings. The maximum atomic E-state index is 12.6. The van der Waals surface area contributed by atoms with Crippen LogP contribution in [0.1, 0.15) is 31.2 Å². The van der Waals surface area contributed by atoms with E-state index in [0.717, 1.165) is 48.6 Å². The van der Waals surface area contributed by atoms with Crippen LogP contribution in [0.5, 0.6) is 11.5 Å². The van der Waals surface area contributed by atoms with Crippen molar-refractivity contribution in [3.8, 4) is 11.5 Å². The lowest BCUT2D eigenvalue weighted by molar-refractivity contribution is -0.121. The summed E-state index contributed by atoms with van der Waals surface area (Å²) in [5.41, 5.74) is 0.939. The lowest BCUT2D eigenvalue weighted by Gasteiger charge is -2.29. The minimum Gasteiger partial charge on any atom is -0.457 e. The average Bonchev–Trinajstić information content (AvgIpc) is 2.81. The molecule has 7 heteroatoms. The molecule has 2 aromatic carbocycles. The second kappa shape index (κ2) is 10.8. The molecule has 0 radical (unpaired) electrons. The maximum Gasteiger partial charge on any atom is 0.224 e. The number of aromatic nitrogens is 2. The number of carbonyl (C=O) groups is 1. The largest absolute Gasteiger partial charge is 0.457 e. The van der Waals surface area contributed by atoms with Crippen molar-refractivity contribution in [3.05, 3.63) is 72.4 Å². The topological polar surface area (TPSA) is 79.4 Å². The summed E-state index contributed by atoms with van der Waals surface area (Å²) in [5, 5.41) is 6.64. The highest BCUT2D eigenvalue weighted by Crippen LogP contribution is 2.23. The van der Waals surface area contributed by atoms with Crippen LogP contribution < -0.4 is 20.3 Å². The highest BCUT2D eigenvalue weighted by atomic mass is 16.5. The fraction of sp³-hybridized carbons (Fsp3) is 0.346.